The van der Waals surface area contributed by atoms with Gasteiger partial charge in [-0.05, 0) is 0 Å². The molecule has 0 bridgehead atoms. The number of rotatable bonds is 0. The fourth-order valence-corrected chi connectivity index (χ4v) is 0.831. The Hall–Kier alpha value is -1.12. The van der Waals surface area contributed by atoms with Crippen LogP contribution in [0.15, 0.2) is 24.4 Å². The molecule has 1 atom stereocenters. The number of hydrogen-bond donors (Lipinski definition) is 1. The fraction of sp³-hybridized carbons (Fsp3) is 0.556. The van der Waals surface area contributed by atoms with E-state index in [2.05, 4.69) is 6.58 Å². The predicted octanol–water partition coefficient (Wildman–Crippen LogP) is 2.32. The summed E-state index contributed by atoms with van der Waals surface area (Å²) in [5.74, 6) is 0.296. The van der Waals surface area contributed by atoms with Crippen molar-refractivity contribution in [3.05, 3.63) is 24.4 Å². The number of aliphatic hydroxyl groups excluding tert-OH is 1. The quantitative estimate of drug-likeness (QED) is 0.606. The van der Waals surface area contributed by atoms with Gasteiger partial charge < -0.3 is 14.6 Å². The fourth-order valence-electron chi connectivity index (χ4n) is 0.831. The monoisotopic (exact) mass is 170 g/mol. The van der Waals surface area contributed by atoms with Gasteiger partial charge in [0.15, 0.2) is 0 Å². The Morgan fingerprint density at radius 3 is 2.42 bits per heavy atom. The van der Waals surface area contributed by atoms with Gasteiger partial charge in [0.25, 0.3) is 5.95 Å². The molecule has 0 radical (unpaired) electrons. The summed E-state index contributed by atoms with van der Waals surface area (Å²) in [6, 6.07) is 0. The highest BCUT2D eigenvalue weighted by Crippen LogP contribution is 2.29. The topological polar surface area (TPSA) is 38.7 Å². The zero-order valence-electron chi connectivity index (χ0n) is 7.63. The van der Waals surface area contributed by atoms with E-state index in [4.69, 9.17) is 14.6 Å². The Morgan fingerprint density at radius 2 is 2.00 bits per heavy atom. The Balaban J connectivity index is 2.74. The van der Waals surface area contributed by atoms with Gasteiger partial charge in [-0.25, -0.2) is 0 Å². The lowest BCUT2D eigenvalue weighted by Gasteiger charge is -2.33. The average molecular weight is 170 g/mol. The van der Waals surface area contributed by atoms with Crippen molar-refractivity contribution < 1.29 is 14.6 Å². The van der Waals surface area contributed by atoms with Crippen molar-refractivity contribution in [1.29, 1.82) is 0 Å². The zero-order chi connectivity index (χ0) is 9.35. The van der Waals surface area contributed by atoms with Crippen LogP contribution in [0.1, 0.15) is 20.8 Å². The largest absolute Gasteiger partial charge is 0.481 e. The first kappa shape index (κ1) is 8.97. The molecule has 0 saturated carbocycles. The zero-order valence-corrected chi connectivity index (χ0v) is 7.63. The summed E-state index contributed by atoms with van der Waals surface area (Å²) in [5.41, 5.74) is -0.175. The van der Waals surface area contributed by atoms with Crippen molar-refractivity contribution in [3.63, 3.8) is 0 Å². The van der Waals surface area contributed by atoms with Gasteiger partial charge in [0.2, 0.25) is 6.29 Å². The van der Waals surface area contributed by atoms with E-state index in [1.807, 2.05) is 20.8 Å². The standard InChI is InChI=1S/C9H14O3/c1-6-5-7(10)12-8(11-6)9(2,3)4/h5,8,10H,1H2,2-4H3. The molecule has 1 rings (SSSR count). The van der Waals surface area contributed by atoms with E-state index in [0.717, 1.165) is 0 Å². The van der Waals surface area contributed by atoms with Crippen LogP contribution < -0.4 is 0 Å². The maximum absolute atomic E-state index is 9.11. The van der Waals surface area contributed by atoms with Gasteiger partial charge in [0.1, 0.15) is 5.76 Å². The predicted molar refractivity (Wildman–Crippen MR) is 45.3 cm³/mol. The molecule has 1 heterocycles. The lowest BCUT2D eigenvalue weighted by atomic mass is 9.96. The molecule has 68 valence electrons. The van der Waals surface area contributed by atoms with Crippen molar-refractivity contribution >= 4 is 0 Å². The first-order chi connectivity index (χ1) is 5.39. The molecule has 0 amide bonds. The van der Waals surface area contributed by atoms with E-state index < -0.39 is 6.29 Å². The van der Waals surface area contributed by atoms with Crippen LogP contribution in [-0.4, -0.2) is 11.4 Å². The Bertz CT molecular complexity index is 222. The highest BCUT2D eigenvalue weighted by molar-refractivity contribution is 5.10. The van der Waals surface area contributed by atoms with Gasteiger partial charge in [-0.2, -0.15) is 0 Å². The molecule has 0 aromatic heterocycles. The highest BCUT2D eigenvalue weighted by atomic mass is 16.7. The Labute approximate surface area is 72.3 Å². The van der Waals surface area contributed by atoms with Crippen LogP contribution in [0, 0.1) is 5.41 Å². The third kappa shape index (κ3) is 1.94. The van der Waals surface area contributed by atoms with E-state index >= 15 is 0 Å². The van der Waals surface area contributed by atoms with E-state index in [-0.39, 0.29) is 11.4 Å². The summed E-state index contributed by atoms with van der Waals surface area (Å²) in [4.78, 5) is 0. The second-order valence-corrected chi connectivity index (χ2v) is 3.88. The molecule has 12 heavy (non-hydrogen) atoms. The van der Waals surface area contributed by atoms with Crippen LogP contribution in [0.5, 0.6) is 0 Å². The molecule has 1 N–H and O–H groups in total. The highest BCUT2D eigenvalue weighted by Gasteiger charge is 2.31. The van der Waals surface area contributed by atoms with Crippen LogP contribution >= 0.6 is 0 Å². The minimum atomic E-state index is -0.463. The minimum Gasteiger partial charge on any atom is -0.481 e. The lowest BCUT2D eigenvalue weighted by Crippen LogP contribution is -2.33. The van der Waals surface area contributed by atoms with E-state index in [1.54, 1.807) is 0 Å². The third-order valence-corrected chi connectivity index (χ3v) is 1.48. The average Bonchev–Trinajstić information content (AvgIpc) is 1.82. The molecule has 3 nitrogen and oxygen atoms in total. The summed E-state index contributed by atoms with van der Waals surface area (Å²) in [7, 11) is 0. The molecule has 0 aliphatic carbocycles. The SMILES string of the molecule is C=C1C=C(O)OC(C(C)(C)C)O1. The van der Waals surface area contributed by atoms with Gasteiger partial charge in [-0.3, -0.25) is 0 Å². The molecule has 0 aromatic carbocycles. The number of aliphatic hydroxyl groups is 1. The molecule has 1 unspecified atom stereocenters. The molecule has 1 aliphatic heterocycles. The number of hydrogen-bond acceptors (Lipinski definition) is 3. The molecular formula is C9H14O3. The summed E-state index contributed by atoms with van der Waals surface area (Å²) in [6.45, 7) is 9.48. The molecule has 1 aliphatic rings. The molecule has 0 spiro atoms. The van der Waals surface area contributed by atoms with Crippen molar-refractivity contribution in [2.45, 2.75) is 27.1 Å². The van der Waals surface area contributed by atoms with Crippen LogP contribution in [-0.2, 0) is 9.47 Å². The smallest absolute Gasteiger partial charge is 0.283 e. The van der Waals surface area contributed by atoms with Crippen LogP contribution in [0.4, 0.5) is 0 Å². The molecule has 3 heteroatoms. The van der Waals surface area contributed by atoms with Crippen LogP contribution in [0.2, 0.25) is 0 Å². The normalized spacial score (nSPS) is 24.1. The van der Waals surface area contributed by atoms with Gasteiger partial charge in [-0.15, -0.1) is 0 Å². The van der Waals surface area contributed by atoms with Crippen molar-refractivity contribution in [2.24, 2.45) is 5.41 Å². The summed E-state index contributed by atoms with van der Waals surface area (Å²) in [5, 5.41) is 9.11. The number of ether oxygens (including phenoxy) is 2. The molecular weight excluding hydrogens is 156 g/mol. The lowest BCUT2D eigenvalue weighted by molar-refractivity contribution is -0.179. The first-order valence-corrected chi connectivity index (χ1v) is 3.82. The number of allylic oxidation sites excluding steroid dienone is 1. The van der Waals surface area contributed by atoms with Gasteiger partial charge in [0.05, 0.1) is 6.08 Å². The second-order valence-electron chi connectivity index (χ2n) is 3.88. The van der Waals surface area contributed by atoms with E-state index in [0.29, 0.717) is 5.76 Å². The van der Waals surface area contributed by atoms with Crippen molar-refractivity contribution in [3.8, 4) is 0 Å². The molecule has 0 fully saturated rings. The summed E-state index contributed by atoms with van der Waals surface area (Å²) >= 11 is 0. The minimum absolute atomic E-state index is 0.133. The van der Waals surface area contributed by atoms with E-state index in [1.165, 1.54) is 6.08 Å². The van der Waals surface area contributed by atoms with Gasteiger partial charge >= 0.3 is 0 Å². The maximum atomic E-state index is 9.11. The Morgan fingerprint density at radius 1 is 1.42 bits per heavy atom. The summed E-state index contributed by atoms with van der Waals surface area (Å²) < 4.78 is 10.3. The maximum Gasteiger partial charge on any atom is 0.283 e. The summed E-state index contributed by atoms with van der Waals surface area (Å²) in [6.07, 6.45) is 0.886. The second kappa shape index (κ2) is 2.73. The van der Waals surface area contributed by atoms with Crippen molar-refractivity contribution in [2.75, 3.05) is 0 Å². The van der Waals surface area contributed by atoms with Crippen molar-refractivity contribution in [1.82, 2.24) is 0 Å². The first-order valence-electron chi connectivity index (χ1n) is 3.82. The Kier molecular flexibility index (Phi) is 2.04. The van der Waals surface area contributed by atoms with Crippen LogP contribution in [0.25, 0.3) is 0 Å². The third-order valence-electron chi connectivity index (χ3n) is 1.48. The molecule has 0 saturated heterocycles. The van der Waals surface area contributed by atoms with Gasteiger partial charge in [-0.1, -0.05) is 27.4 Å². The molecule has 0 aromatic rings. The van der Waals surface area contributed by atoms with Crippen LogP contribution in [0.3, 0.4) is 0 Å². The van der Waals surface area contributed by atoms with Gasteiger partial charge in [0, 0.05) is 5.41 Å². The van der Waals surface area contributed by atoms with E-state index in [9.17, 15) is 0 Å².